The fourth-order valence-corrected chi connectivity index (χ4v) is 2.19. The van der Waals surface area contributed by atoms with E-state index in [1.165, 1.54) is 5.56 Å². The van der Waals surface area contributed by atoms with Crippen LogP contribution in [0.2, 0.25) is 0 Å². The van der Waals surface area contributed by atoms with Gasteiger partial charge in [0.25, 0.3) is 0 Å². The minimum Gasteiger partial charge on any atom is -0.393 e. The summed E-state index contributed by atoms with van der Waals surface area (Å²) in [5, 5.41) is 9.52. The molecular formula is C12H19N3O. The fourth-order valence-electron chi connectivity index (χ4n) is 2.19. The molecule has 0 spiro atoms. The SMILES string of the molecule is CC(O)C1CCN(Cc2ccc(N)nc2)C1. The van der Waals surface area contributed by atoms with Crippen LogP contribution in [0.5, 0.6) is 0 Å². The lowest BCUT2D eigenvalue weighted by Crippen LogP contribution is -2.24. The van der Waals surface area contributed by atoms with Crippen molar-refractivity contribution in [1.82, 2.24) is 9.88 Å². The highest BCUT2D eigenvalue weighted by molar-refractivity contribution is 5.29. The van der Waals surface area contributed by atoms with Crippen molar-refractivity contribution in [2.24, 2.45) is 5.92 Å². The molecule has 2 atom stereocenters. The Kier molecular flexibility index (Phi) is 3.41. The molecule has 1 aliphatic rings. The van der Waals surface area contributed by atoms with Gasteiger partial charge in [-0.05, 0) is 37.4 Å². The van der Waals surface area contributed by atoms with Crippen LogP contribution in [-0.2, 0) is 6.54 Å². The van der Waals surface area contributed by atoms with Gasteiger partial charge in [0.15, 0.2) is 0 Å². The lowest BCUT2D eigenvalue weighted by atomic mass is 10.0. The highest BCUT2D eigenvalue weighted by atomic mass is 16.3. The minimum atomic E-state index is -0.199. The standard InChI is InChI=1S/C12H19N3O/c1-9(16)11-4-5-15(8-11)7-10-2-3-12(13)14-6-10/h2-3,6,9,11,16H,4-5,7-8H2,1H3,(H2,13,14). The first-order valence-electron chi connectivity index (χ1n) is 5.76. The van der Waals surface area contributed by atoms with Crippen LogP contribution in [-0.4, -0.2) is 34.2 Å². The van der Waals surface area contributed by atoms with Gasteiger partial charge in [0, 0.05) is 19.3 Å². The maximum Gasteiger partial charge on any atom is 0.123 e. The molecule has 0 saturated carbocycles. The van der Waals surface area contributed by atoms with Crippen LogP contribution < -0.4 is 5.73 Å². The summed E-state index contributed by atoms with van der Waals surface area (Å²) in [4.78, 5) is 6.43. The Balaban J connectivity index is 1.89. The van der Waals surface area contributed by atoms with Crippen LogP contribution in [0.3, 0.4) is 0 Å². The number of aliphatic hydroxyl groups excluding tert-OH is 1. The first-order chi connectivity index (χ1) is 7.65. The first-order valence-corrected chi connectivity index (χ1v) is 5.76. The van der Waals surface area contributed by atoms with Crippen molar-refractivity contribution < 1.29 is 5.11 Å². The molecule has 0 amide bonds. The van der Waals surface area contributed by atoms with Crippen LogP contribution in [0.25, 0.3) is 0 Å². The Morgan fingerprint density at radius 3 is 3.00 bits per heavy atom. The van der Waals surface area contributed by atoms with E-state index >= 15 is 0 Å². The maximum atomic E-state index is 9.52. The van der Waals surface area contributed by atoms with Gasteiger partial charge < -0.3 is 10.8 Å². The van der Waals surface area contributed by atoms with Gasteiger partial charge in [-0.2, -0.15) is 0 Å². The minimum absolute atomic E-state index is 0.199. The van der Waals surface area contributed by atoms with Crippen LogP contribution in [0.4, 0.5) is 5.82 Å². The average molecular weight is 221 g/mol. The van der Waals surface area contributed by atoms with E-state index in [-0.39, 0.29) is 6.10 Å². The number of aromatic nitrogens is 1. The highest BCUT2D eigenvalue weighted by Gasteiger charge is 2.25. The summed E-state index contributed by atoms with van der Waals surface area (Å²) in [6, 6.07) is 3.84. The Bertz CT molecular complexity index is 337. The molecule has 16 heavy (non-hydrogen) atoms. The molecule has 1 aliphatic heterocycles. The fraction of sp³-hybridized carbons (Fsp3) is 0.583. The number of rotatable bonds is 3. The summed E-state index contributed by atoms with van der Waals surface area (Å²) in [5.41, 5.74) is 6.72. The number of pyridine rings is 1. The molecular weight excluding hydrogens is 202 g/mol. The van der Waals surface area contributed by atoms with Gasteiger partial charge in [-0.15, -0.1) is 0 Å². The van der Waals surface area contributed by atoms with Gasteiger partial charge in [-0.3, -0.25) is 4.90 Å². The van der Waals surface area contributed by atoms with Crippen molar-refractivity contribution in [3.63, 3.8) is 0 Å². The average Bonchev–Trinajstić information content (AvgIpc) is 2.70. The zero-order valence-electron chi connectivity index (χ0n) is 9.63. The predicted molar refractivity (Wildman–Crippen MR) is 63.7 cm³/mol. The summed E-state index contributed by atoms with van der Waals surface area (Å²) in [5.74, 6) is 0.980. The van der Waals surface area contributed by atoms with E-state index < -0.39 is 0 Å². The summed E-state index contributed by atoms with van der Waals surface area (Å²) >= 11 is 0. The lowest BCUT2D eigenvalue weighted by Gasteiger charge is -2.17. The zero-order valence-corrected chi connectivity index (χ0v) is 9.63. The summed E-state index contributed by atoms with van der Waals surface area (Å²) in [6.45, 7) is 4.80. The molecule has 88 valence electrons. The molecule has 1 aromatic rings. The van der Waals surface area contributed by atoms with E-state index in [1.807, 2.05) is 25.3 Å². The molecule has 1 fully saturated rings. The quantitative estimate of drug-likeness (QED) is 0.795. The van der Waals surface area contributed by atoms with Crippen molar-refractivity contribution >= 4 is 5.82 Å². The molecule has 4 heteroatoms. The van der Waals surface area contributed by atoms with Gasteiger partial charge in [0.1, 0.15) is 5.82 Å². The Morgan fingerprint density at radius 2 is 2.44 bits per heavy atom. The van der Waals surface area contributed by atoms with Crippen LogP contribution in [0, 0.1) is 5.92 Å². The van der Waals surface area contributed by atoms with Gasteiger partial charge in [0.05, 0.1) is 6.10 Å². The van der Waals surface area contributed by atoms with E-state index in [4.69, 9.17) is 5.73 Å². The molecule has 2 rings (SSSR count). The number of nitrogens with zero attached hydrogens (tertiary/aromatic N) is 2. The topological polar surface area (TPSA) is 62.4 Å². The van der Waals surface area contributed by atoms with E-state index in [9.17, 15) is 5.11 Å². The molecule has 0 bridgehead atoms. The molecule has 2 unspecified atom stereocenters. The highest BCUT2D eigenvalue weighted by Crippen LogP contribution is 2.21. The van der Waals surface area contributed by atoms with Crippen molar-refractivity contribution in [3.05, 3.63) is 23.9 Å². The Morgan fingerprint density at radius 1 is 1.62 bits per heavy atom. The third kappa shape index (κ3) is 2.71. The predicted octanol–water partition coefficient (Wildman–Crippen LogP) is 0.866. The Labute approximate surface area is 96.1 Å². The van der Waals surface area contributed by atoms with Gasteiger partial charge in [0.2, 0.25) is 0 Å². The van der Waals surface area contributed by atoms with Crippen molar-refractivity contribution in [2.45, 2.75) is 26.0 Å². The smallest absolute Gasteiger partial charge is 0.123 e. The van der Waals surface area contributed by atoms with Gasteiger partial charge in [-0.25, -0.2) is 4.98 Å². The summed E-state index contributed by atoms with van der Waals surface area (Å²) in [6.07, 6.45) is 2.71. The van der Waals surface area contributed by atoms with Crippen LogP contribution >= 0.6 is 0 Å². The van der Waals surface area contributed by atoms with Crippen molar-refractivity contribution in [1.29, 1.82) is 0 Å². The Hall–Kier alpha value is -1.13. The van der Waals surface area contributed by atoms with Crippen LogP contribution in [0.1, 0.15) is 18.9 Å². The molecule has 3 N–H and O–H groups in total. The summed E-state index contributed by atoms with van der Waals surface area (Å²) in [7, 11) is 0. The van der Waals surface area contributed by atoms with Crippen molar-refractivity contribution in [3.8, 4) is 0 Å². The second kappa shape index (κ2) is 4.80. The lowest BCUT2D eigenvalue weighted by molar-refractivity contribution is 0.127. The molecule has 1 saturated heterocycles. The monoisotopic (exact) mass is 221 g/mol. The first kappa shape index (κ1) is 11.4. The number of hydrogen-bond acceptors (Lipinski definition) is 4. The number of nitrogens with two attached hydrogens (primary N) is 1. The van der Waals surface area contributed by atoms with E-state index in [2.05, 4.69) is 9.88 Å². The molecule has 4 nitrogen and oxygen atoms in total. The number of likely N-dealkylation sites (tertiary alicyclic amines) is 1. The van der Waals surface area contributed by atoms with Crippen molar-refractivity contribution in [2.75, 3.05) is 18.8 Å². The van der Waals surface area contributed by atoms with Gasteiger partial charge in [-0.1, -0.05) is 6.07 Å². The number of aliphatic hydroxyl groups is 1. The largest absolute Gasteiger partial charge is 0.393 e. The number of nitrogen functional groups attached to an aromatic ring is 1. The molecule has 2 heterocycles. The summed E-state index contributed by atoms with van der Waals surface area (Å²) < 4.78 is 0. The van der Waals surface area contributed by atoms with E-state index in [0.717, 1.165) is 26.1 Å². The normalized spacial score (nSPS) is 23.5. The van der Waals surface area contributed by atoms with E-state index in [0.29, 0.717) is 11.7 Å². The molecule has 1 aromatic heterocycles. The number of anilines is 1. The zero-order chi connectivity index (χ0) is 11.5. The molecule has 0 aliphatic carbocycles. The third-order valence-corrected chi connectivity index (χ3v) is 3.24. The molecule has 0 radical (unpaired) electrons. The third-order valence-electron chi connectivity index (χ3n) is 3.24. The second-order valence-electron chi connectivity index (χ2n) is 4.62. The number of hydrogen-bond donors (Lipinski definition) is 2. The van der Waals surface area contributed by atoms with E-state index in [1.54, 1.807) is 0 Å². The second-order valence-corrected chi connectivity index (χ2v) is 4.62. The van der Waals surface area contributed by atoms with Crippen LogP contribution in [0.15, 0.2) is 18.3 Å². The molecule has 0 aromatic carbocycles. The van der Waals surface area contributed by atoms with Gasteiger partial charge >= 0.3 is 0 Å². The maximum absolute atomic E-state index is 9.52.